The Morgan fingerprint density at radius 2 is 1.71 bits per heavy atom. The number of rotatable bonds is 4. The molecule has 1 N–H and O–H groups in total. The Morgan fingerprint density at radius 3 is 2.29 bits per heavy atom. The van der Waals surface area contributed by atoms with Gasteiger partial charge in [-0.25, -0.2) is 17.5 Å². The Morgan fingerprint density at radius 1 is 1.08 bits per heavy atom. The average Bonchev–Trinajstić information content (AvgIpc) is 2.90. The summed E-state index contributed by atoms with van der Waals surface area (Å²) in [6.07, 6.45) is 1.01. The third-order valence-corrected chi connectivity index (χ3v) is 3.86. The molecule has 0 radical (unpaired) electrons. The number of nitrogens with zero attached hydrogens (tertiary/aromatic N) is 3. The van der Waals surface area contributed by atoms with E-state index in [4.69, 9.17) is 11.6 Å². The van der Waals surface area contributed by atoms with Crippen LogP contribution in [0, 0.1) is 5.82 Å². The fourth-order valence-electron chi connectivity index (χ4n) is 2.07. The van der Waals surface area contributed by atoms with Crippen LogP contribution in [0.2, 0.25) is 5.02 Å². The van der Waals surface area contributed by atoms with Gasteiger partial charge >= 0.3 is 0 Å². The summed E-state index contributed by atoms with van der Waals surface area (Å²) in [4.78, 5) is 4.22. The van der Waals surface area contributed by atoms with Crippen LogP contribution in [-0.4, -0.2) is 29.4 Å². The minimum atomic E-state index is -3.53. The zero-order valence-electron chi connectivity index (χ0n) is 12.4. The fourth-order valence-corrected chi connectivity index (χ4v) is 2.61. The van der Waals surface area contributed by atoms with E-state index in [-0.39, 0.29) is 11.8 Å². The summed E-state index contributed by atoms with van der Waals surface area (Å²) in [7, 11) is -3.53. The lowest BCUT2D eigenvalue weighted by Gasteiger charge is -2.05. The Bertz CT molecular complexity index is 907. The molecule has 0 fully saturated rings. The SMILES string of the molecule is CS(=O)(=O)Nc1nc(-c2ccc(Cl)cc2)n(-c2ccc(F)cc2)n1. The summed E-state index contributed by atoms with van der Waals surface area (Å²) < 4.78 is 39.6. The number of sulfonamides is 1. The standard InChI is InChI=1S/C15H12ClFN4O2S/c1-24(22,23)20-15-18-14(10-2-4-11(16)5-3-10)21(19-15)13-8-6-12(17)7-9-13/h2-9H,1H3,(H,19,20). The fraction of sp³-hybridized carbons (Fsp3) is 0.0667. The van der Waals surface area contributed by atoms with Crippen LogP contribution in [0.15, 0.2) is 48.5 Å². The molecule has 0 aliphatic heterocycles. The van der Waals surface area contributed by atoms with Crippen molar-refractivity contribution in [3.8, 4) is 17.1 Å². The monoisotopic (exact) mass is 366 g/mol. The van der Waals surface area contributed by atoms with Crippen LogP contribution in [0.25, 0.3) is 17.1 Å². The van der Waals surface area contributed by atoms with Gasteiger partial charge in [-0.2, -0.15) is 4.98 Å². The molecular formula is C15H12ClFN4O2S. The van der Waals surface area contributed by atoms with Crippen molar-refractivity contribution in [1.82, 2.24) is 14.8 Å². The molecule has 3 rings (SSSR count). The minimum absolute atomic E-state index is 0.0771. The summed E-state index contributed by atoms with van der Waals surface area (Å²) in [6, 6.07) is 12.4. The molecule has 1 heterocycles. The molecule has 0 amide bonds. The van der Waals surface area contributed by atoms with Gasteiger partial charge in [-0.05, 0) is 48.5 Å². The second kappa shape index (κ2) is 6.21. The smallest absolute Gasteiger partial charge is 0.250 e. The molecule has 0 aliphatic rings. The molecule has 0 spiro atoms. The molecule has 2 aromatic carbocycles. The molecule has 0 bridgehead atoms. The summed E-state index contributed by atoms with van der Waals surface area (Å²) in [5.41, 5.74) is 1.22. The first-order valence-electron chi connectivity index (χ1n) is 6.78. The van der Waals surface area contributed by atoms with E-state index in [1.165, 1.54) is 28.9 Å². The normalized spacial score (nSPS) is 11.5. The van der Waals surface area contributed by atoms with E-state index in [1.807, 2.05) is 0 Å². The van der Waals surface area contributed by atoms with Gasteiger partial charge in [-0.3, -0.25) is 4.72 Å². The lowest BCUT2D eigenvalue weighted by atomic mass is 10.2. The van der Waals surface area contributed by atoms with Gasteiger partial charge in [0.1, 0.15) is 5.82 Å². The number of halogens is 2. The third-order valence-electron chi connectivity index (χ3n) is 3.06. The van der Waals surface area contributed by atoms with Crippen LogP contribution in [-0.2, 0) is 10.0 Å². The van der Waals surface area contributed by atoms with Crippen LogP contribution in [0.3, 0.4) is 0 Å². The minimum Gasteiger partial charge on any atom is -0.250 e. The molecule has 0 saturated carbocycles. The van der Waals surface area contributed by atoms with Crippen LogP contribution >= 0.6 is 11.6 Å². The Labute approximate surface area is 143 Å². The van der Waals surface area contributed by atoms with Gasteiger partial charge in [-0.1, -0.05) is 11.6 Å². The first-order valence-corrected chi connectivity index (χ1v) is 9.05. The van der Waals surface area contributed by atoms with Crippen LogP contribution in [0.4, 0.5) is 10.3 Å². The molecule has 24 heavy (non-hydrogen) atoms. The molecule has 1 aromatic heterocycles. The summed E-state index contributed by atoms with van der Waals surface area (Å²) in [6.45, 7) is 0. The van der Waals surface area contributed by atoms with Gasteiger partial charge in [0.05, 0.1) is 11.9 Å². The molecule has 6 nitrogen and oxygen atoms in total. The Kier molecular flexibility index (Phi) is 4.25. The van der Waals surface area contributed by atoms with Crippen molar-refractivity contribution in [3.05, 3.63) is 59.4 Å². The molecule has 9 heteroatoms. The van der Waals surface area contributed by atoms with Crippen LogP contribution in [0.1, 0.15) is 0 Å². The predicted molar refractivity (Wildman–Crippen MR) is 90.2 cm³/mol. The maximum absolute atomic E-state index is 13.1. The van der Waals surface area contributed by atoms with Gasteiger partial charge in [-0.15, -0.1) is 5.10 Å². The maximum atomic E-state index is 13.1. The van der Waals surface area contributed by atoms with Gasteiger partial charge in [0.2, 0.25) is 10.0 Å². The van der Waals surface area contributed by atoms with E-state index in [0.717, 1.165) is 6.26 Å². The summed E-state index contributed by atoms with van der Waals surface area (Å²) in [5, 5.41) is 4.71. The highest BCUT2D eigenvalue weighted by Crippen LogP contribution is 2.24. The van der Waals surface area contributed by atoms with Gasteiger partial charge in [0, 0.05) is 10.6 Å². The van der Waals surface area contributed by atoms with Gasteiger partial charge < -0.3 is 0 Å². The van der Waals surface area contributed by atoms with Crippen LogP contribution < -0.4 is 4.72 Å². The molecule has 124 valence electrons. The zero-order valence-corrected chi connectivity index (χ0v) is 14.0. The van der Waals surface area contributed by atoms with E-state index < -0.39 is 10.0 Å². The topological polar surface area (TPSA) is 76.9 Å². The van der Waals surface area contributed by atoms with Crippen molar-refractivity contribution in [1.29, 1.82) is 0 Å². The van der Waals surface area contributed by atoms with Gasteiger partial charge in [0.25, 0.3) is 5.95 Å². The van der Waals surface area contributed by atoms with E-state index in [2.05, 4.69) is 14.8 Å². The van der Waals surface area contributed by atoms with Crippen molar-refractivity contribution in [3.63, 3.8) is 0 Å². The molecule has 0 atom stereocenters. The third kappa shape index (κ3) is 3.72. The summed E-state index contributed by atoms with van der Waals surface area (Å²) >= 11 is 5.89. The first kappa shape index (κ1) is 16.4. The van der Waals surface area contributed by atoms with Crippen molar-refractivity contribution >= 4 is 27.6 Å². The average molecular weight is 367 g/mol. The van der Waals surface area contributed by atoms with Gasteiger partial charge in [0.15, 0.2) is 5.82 Å². The number of benzene rings is 2. The second-order valence-electron chi connectivity index (χ2n) is 5.03. The molecule has 3 aromatic rings. The summed E-state index contributed by atoms with van der Waals surface area (Å²) in [5.74, 6) is -0.0717. The first-order chi connectivity index (χ1) is 11.3. The highest BCUT2D eigenvalue weighted by atomic mass is 35.5. The van der Waals surface area contributed by atoms with Crippen molar-refractivity contribution < 1.29 is 12.8 Å². The van der Waals surface area contributed by atoms with E-state index in [9.17, 15) is 12.8 Å². The highest BCUT2D eigenvalue weighted by Gasteiger charge is 2.16. The quantitative estimate of drug-likeness (QED) is 0.769. The molecule has 0 saturated heterocycles. The van der Waals surface area contributed by atoms with E-state index in [0.29, 0.717) is 22.1 Å². The molecule has 0 unspecified atom stereocenters. The number of aromatic nitrogens is 3. The van der Waals surface area contributed by atoms with E-state index >= 15 is 0 Å². The number of nitrogens with one attached hydrogen (secondary N) is 1. The lowest BCUT2D eigenvalue weighted by Crippen LogP contribution is -2.11. The Hall–Kier alpha value is -2.45. The zero-order chi connectivity index (χ0) is 17.3. The largest absolute Gasteiger partial charge is 0.256 e. The number of hydrogen-bond acceptors (Lipinski definition) is 4. The second-order valence-corrected chi connectivity index (χ2v) is 7.21. The molecular weight excluding hydrogens is 355 g/mol. The number of anilines is 1. The van der Waals surface area contributed by atoms with Crippen molar-refractivity contribution in [2.75, 3.05) is 11.0 Å². The van der Waals surface area contributed by atoms with Crippen molar-refractivity contribution in [2.24, 2.45) is 0 Å². The maximum Gasteiger partial charge on any atom is 0.256 e. The van der Waals surface area contributed by atoms with Crippen LogP contribution in [0.5, 0.6) is 0 Å². The Balaban J connectivity index is 2.14. The van der Waals surface area contributed by atoms with Crippen molar-refractivity contribution in [2.45, 2.75) is 0 Å². The molecule has 0 aliphatic carbocycles. The number of hydrogen-bond donors (Lipinski definition) is 1. The highest BCUT2D eigenvalue weighted by molar-refractivity contribution is 7.91. The predicted octanol–water partition coefficient (Wildman–Crippen LogP) is 3.10. The van der Waals surface area contributed by atoms with E-state index in [1.54, 1.807) is 24.3 Å². The lowest BCUT2D eigenvalue weighted by molar-refractivity contribution is 0.606.